The molecule has 1 atom stereocenters. The fourth-order valence-electron chi connectivity index (χ4n) is 1.37. The van der Waals surface area contributed by atoms with Crippen LogP contribution in [0.25, 0.3) is 0 Å². The first-order valence-electron chi connectivity index (χ1n) is 5.71. The molecular weight excluding hydrogens is 330 g/mol. The lowest BCUT2D eigenvalue weighted by molar-refractivity contribution is -0.121. The number of nitrogens with one attached hydrogen (secondary N) is 2. The summed E-state index contributed by atoms with van der Waals surface area (Å²) in [5.41, 5.74) is 0.692. The molecule has 0 aliphatic rings. The Bertz CT molecular complexity index is 417. The zero-order valence-corrected chi connectivity index (χ0v) is 13.2. The van der Waals surface area contributed by atoms with Crippen LogP contribution in [-0.4, -0.2) is 15.9 Å². The predicted molar refractivity (Wildman–Crippen MR) is 82.2 cm³/mol. The van der Waals surface area contributed by atoms with E-state index < -0.39 is 9.96 Å². The number of halogens is 4. The standard InChI is InChI=1S/C12H14Cl4N2O/c1-2-3-10(19)18-11(12(14,15)16)17-9-6-4-8(13)5-7-9/h4-7,11,17H,2-3H2,1H3,(H,18,19)/t11-/m0/s1. The third-order valence-corrected chi connectivity index (χ3v) is 3.17. The highest BCUT2D eigenvalue weighted by atomic mass is 35.6. The lowest BCUT2D eigenvalue weighted by Gasteiger charge is -2.27. The lowest BCUT2D eigenvalue weighted by Crippen LogP contribution is -2.49. The van der Waals surface area contributed by atoms with Gasteiger partial charge in [0.25, 0.3) is 0 Å². The number of hydrogen-bond acceptors (Lipinski definition) is 2. The molecule has 0 aliphatic carbocycles. The Kier molecular flexibility index (Phi) is 6.54. The molecule has 0 unspecified atom stereocenters. The second-order valence-electron chi connectivity index (χ2n) is 3.94. The first-order chi connectivity index (χ1) is 8.82. The molecule has 0 fully saturated rings. The molecule has 0 bridgehead atoms. The van der Waals surface area contributed by atoms with Crippen LogP contribution >= 0.6 is 46.4 Å². The number of carbonyl (C=O) groups excluding carboxylic acids is 1. The predicted octanol–water partition coefficient (Wildman–Crippen LogP) is 4.36. The molecule has 3 nitrogen and oxygen atoms in total. The third kappa shape index (κ3) is 6.09. The highest BCUT2D eigenvalue weighted by Crippen LogP contribution is 2.31. The minimum absolute atomic E-state index is 0.180. The summed E-state index contributed by atoms with van der Waals surface area (Å²) in [6.45, 7) is 1.90. The van der Waals surface area contributed by atoms with E-state index in [1.54, 1.807) is 24.3 Å². The normalized spacial score (nSPS) is 12.9. The van der Waals surface area contributed by atoms with Gasteiger partial charge in [-0.2, -0.15) is 0 Å². The topological polar surface area (TPSA) is 41.1 Å². The molecule has 1 rings (SSSR count). The smallest absolute Gasteiger partial charge is 0.228 e. The van der Waals surface area contributed by atoms with Crippen molar-refractivity contribution in [3.8, 4) is 0 Å². The van der Waals surface area contributed by atoms with E-state index in [0.29, 0.717) is 17.1 Å². The second kappa shape index (κ2) is 7.44. The summed E-state index contributed by atoms with van der Waals surface area (Å²) in [6.07, 6.45) is 0.275. The van der Waals surface area contributed by atoms with Crippen molar-refractivity contribution in [3.05, 3.63) is 29.3 Å². The highest BCUT2D eigenvalue weighted by Gasteiger charge is 2.33. The van der Waals surface area contributed by atoms with Gasteiger partial charge in [-0.25, -0.2) is 0 Å². The maximum Gasteiger partial charge on any atom is 0.228 e. The zero-order valence-electron chi connectivity index (χ0n) is 10.2. The van der Waals surface area contributed by atoms with Crippen molar-refractivity contribution in [1.29, 1.82) is 0 Å². The van der Waals surface area contributed by atoms with Crippen LogP contribution in [0.3, 0.4) is 0 Å². The molecule has 1 amide bonds. The molecule has 7 heteroatoms. The van der Waals surface area contributed by atoms with Crippen molar-refractivity contribution in [3.63, 3.8) is 0 Å². The fraction of sp³-hybridized carbons (Fsp3) is 0.417. The van der Waals surface area contributed by atoms with E-state index in [1.165, 1.54) is 0 Å². The largest absolute Gasteiger partial charge is 0.362 e. The van der Waals surface area contributed by atoms with E-state index in [4.69, 9.17) is 46.4 Å². The van der Waals surface area contributed by atoms with E-state index in [0.717, 1.165) is 6.42 Å². The quantitative estimate of drug-likeness (QED) is 0.615. The van der Waals surface area contributed by atoms with Gasteiger partial charge in [-0.15, -0.1) is 0 Å². The number of anilines is 1. The van der Waals surface area contributed by atoms with Gasteiger partial charge in [0.05, 0.1) is 0 Å². The summed E-state index contributed by atoms with van der Waals surface area (Å²) in [5.74, 6) is -0.180. The van der Waals surface area contributed by atoms with Gasteiger partial charge in [-0.05, 0) is 30.7 Å². The molecule has 0 heterocycles. The van der Waals surface area contributed by atoms with Gasteiger partial charge < -0.3 is 10.6 Å². The number of alkyl halides is 3. The van der Waals surface area contributed by atoms with Gasteiger partial charge in [0.1, 0.15) is 6.17 Å². The van der Waals surface area contributed by atoms with Gasteiger partial charge in [0, 0.05) is 17.1 Å². The highest BCUT2D eigenvalue weighted by molar-refractivity contribution is 6.68. The summed E-state index contributed by atoms with van der Waals surface area (Å²) in [6, 6.07) is 6.87. The summed E-state index contributed by atoms with van der Waals surface area (Å²) >= 11 is 23.3. The molecule has 0 saturated heterocycles. The Morgan fingerprint density at radius 3 is 2.32 bits per heavy atom. The number of hydrogen-bond donors (Lipinski definition) is 2. The van der Waals surface area contributed by atoms with Crippen LogP contribution in [0.15, 0.2) is 24.3 Å². The second-order valence-corrected chi connectivity index (χ2v) is 6.75. The fourth-order valence-corrected chi connectivity index (χ4v) is 1.83. The molecule has 0 radical (unpaired) electrons. The van der Waals surface area contributed by atoms with Crippen molar-refractivity contribution >= 4 is 58.0 Å². The molecule has 0 spiro atoms. The van der Waals surface area contributed by atoms with Crippen molar-refractivity contribution in [2.45, 2.75) is 29.7 Å². The molecule has 19 heavy (non-hydrogen) atoms. The summed E-state index contributed by atoms with van der Waals surface area (Å²) < 4.78 is -1.66. The number of rotatable bonds is 5. The molecule has 1 aromatic rings. The van der Waals surface area contributed by atoms with Crippen LogP contribution in [-0.2, 0) is 4.79 Å². The van der Waals surface area contributed by atoms with Gasteiger partial charge in [0.15, 0.2) is 0 Å². The zero-order chi connectivity index (χ0) is 14.5. The van der Waals surface area contributed by atoms with Gasteiger partial charge >= 0.3 is 0 Å². The number of carbonyl (C=O) groups is 1. The van der Waals surface area contributed by atoms with Crippen molar-refractivity contribution < 1.29 is 4.79 Å². The maximum absolute atomic E-state index is 11.6. The average Bonchev–Trinajstić information content (AvgIpc) is 2.30. The van der Waals surface area contributed by atoms with E-state index in [9.17, 15) is 4.79 Å². The molecule has 106 valence electrons. The van der Waals surface area contributed by atoms with Crippen LogP contribution < -0.4 is 10.6 Å². The summed E-state index contributed by atoms with van der Waals surface area (Å²) in [7, 11) is 0. The Labute approximate surface area is 132 Å². The lowest BCUT2D eigenvalue weighted by atomic mass is 10.3. The first-order valence-corrected chi connectivity index (χ1v) is 7.22. The van der Waals surface area contributed by atoms with Crippen molar-refractivity contribution in [2.24, 2.45) is 0 Å². The average molecular weight is 344 g/mol. The first kappa shape index (κ1) is 16.7. The Morgan fingerprint density at radius 2 is 1.84 bits per heavy atom. The van der Waals surface area contributed by atoms with Gasteiger partial charge in [-0.1, -0.05) is 53.3 Å². The van der Waals surface area contributed by atoms with E-state index in [1.807, 2.05) is 6.92 Å². The number of amides is 1. The summed E-state index contributed by atoms with van der Waals surface area (Å²) in [5, 5.41) is 6.19. The third-order valence-electron chi connectivity index (χ3n) is 2.26. The van der Waals surface area contributed by atoms with E-state index in [-0.39, 0.29) is 5.91 Å². The van der Waals surface area contributed by atoms with Crippen molar-refractivity contribution in [1.82, 2.24) is 5.32 Å². The van der Waals surface area contributed by atoms with Crippen LogP contribution in [0.1, 0.15) is 19.8 Å². The molecule has 0 aliphatic heterocycles. The summed E-state index contributed by atoms with van der Waals surface area (Å²) in [4.78, 5) is 11.6. The minimum Gasteiger partial charge on any atom is -0.362 e. The van der Waals surface area contributed by atoms with Gasteiger partial charge in [-0.3, -0.25) is 4.79 Å². The number of benzene rings is 1. The van der Waals surface area contributed by atoms with Crippen LogP contribution in [0.4, 0.5) is 5.69 Å². The SMILES string of the molecule is CCCC(=O)N[C@H](Nc1ccc(Cl)cc1)C(Cl)(Cl)Cl. The minimum atomic E-state index is -1.66. The Morgan fingerprint density at radius 1 is 1.26 bits per heavy atom. The van der Waals surface area contributed by atoms with Crippen LogP contribution in [0.2, 0.25) is 5.02 Å². The molecule has 0 saturated carbocycles. The molecule has 2 N–H and O–H groups in total. The van der Waals surface area contributed by atoms with E-state index in [2.05, 4.69) is 10.6 Å². The Balaban J connectivity index is 2.75. The maximum atomic E-state index is 11.6. The monoisotopic (exact) mass is 342 g/mol. The van der Waals surface area contributed by atoms with Crippen LogP contribution in [0, 0.1) is 0 Å². The Hall–Kier alpha value is -0.350. The van der Waals surface area contributed by atoms with Gasteiger partial charge in [0.2, 0.25) is 9.70 Å². The van der Waals surface area contributed by atoms with E-state index >= 15 is 0 Å². The molecule has 1 aromatic carbocycles. The van der Waals surface area contributed by atoms with Crippen molar-refractivity contribution in [2.75, 3.05) is 5.32 Å². The molecule has 0 aromatic heterocycles. The van der Waals surface area contributed by atoms with Crippen LogP contribution in [0.5, 0.6) is 0 Å². The molecular formula is C12H14Cl4N2O.